The SMILES string of the molecule is CCNC(=O)NC1=CS(=O)(=O)OC12[C@@H](CO[Si](C)(C)C(C)(C)C)O[C@@H](n1cc(C)c(=O)n(C)c1=O)[C@@H]2O[Si](C)(C)C(C)(C)C. The third kappa shape index (κ3) is 6.71. The Morgan fingerprint density at radius 2 is 1.64 bits per heavy atom. The number of nitrogens with one attached hydrogen (secondary N) is 2. The minimum absolute atomic E-state index is 0.0897. The summed E-state index contributed by atoms with van der Waals surface area (Å²) in [4.78, 5) is 39.1. The summed E-state index contributed by atoms with van der Waals surface area (Å²) < 4.78 is 54.9. The number of carbonyl (C=O) groups is 1. The van der Waals surface area contributed by atoms with E-state index >= 15 is 0 Å². The Labute approximate surface area is 262 Å². The standard InChI is InChI=1S/C28H50N4O9SSi2/c1-14-29-24(34)30-19-17-42(36,37)41-28(19)20(16-38-43(10,11)26(3,4)5)39-23(21(28)40-44(12,13)27(6,7)8)32-15-18(2)22(33)31(9)25(32)35/h15,17,20-21,23H,14,16H2,1-13H3,(H2,29,30,34)/t20-,21+,23-,28?/m1/s1. The predicted octanol–water partition coefficient (Wildman–Crippen LogP) is 3.42. The van der Waals surface area contributed by atoms with Crippen LogP contribution < -0.4 is 21.9 Å². The number of rotatable bonds is 8. The quantitative estimate of drug-likeness (QED) is 0.312. The molecule has 0 radical (unpaired) electrons. The lowest BCUT2D eigenvalue weighted by Crippen LogP contribution is -2.60. The maximum absolute atomic E-state index is 13.6. The molecule has 0 aromatic carbocycles. The van der Waals surface area contributed by atoms with Crippen molar-refractivity contribution in [2.75, 3.05) is 13.2 Å². The van der Waals surface area contributed by atoms with Crippen molar-refractivity contribution >= 4 is 32.8 Å². The van der Waals surface area contributed by atoms with Crippen molar-refractivity contribution < 1.29 is 31.0 Å². The van der Waals surface area contributed by atoms with E-state index in [1.54, 1.807) is 13.8 Å². The number of ether oxygens (including phenoxy) is 1. The van der Waals surface area contributed by atoms with Crippen LogP contribution in [-0.2, 0) is 34.9 Å². The van der Waals surface area contributed by atoms with Gasteiger partial charge in [0.05, 0.1) is 17.7 Å². The van der Waals surface area contributed by atoms with E-state index in [0.29, 0.717) is 0 Å². The van der Waals surface area contributed by atoms with Crippen molar-refractivity contribution in [3.05, 3.63) is 43.7 Å². The summed E-state index contributed by atoms with van der Waals surface area (Å²) in [5.74, 6) is 0. The lowest BCUT2D eigenvalue weighted by atomic mass is 9.89. The van der Waals surface area contributed by atoms with Gasteiger partial charge in [-0.15, -0.1) is 0 Å². The minimum atomic E-state index is -4.36. The first-order valence-electron chi connectivity index (χ1n) is 14.8. The fourth-order valence-corrected chi connectivity index (χ4v) is 8.19. The van der Waals surface area contributed by atoms with Gasteiger partial charge in [-0.2, -0.15) is 8.42 Å². The molecule has 44 heavy (non-hydrogen) atoms. The molecule has 4 atom stereocenters. The molecule has 0 bridgehead atoms. The second-order valence-corrected chi connectivity index (χ2v) is 25.6. The van der Waals surface area contributed by atoms with E-state index < -0.39 is 68.1 Å². The molecule has 13 nitrogen and oxygen atoms in total. The van der Waals surface area contributed by atoms with Crippen LogP contribution in [0.3, 0.4) is 0 Å². The Hall–Kier alpha value is -2.09. The van der Waals surface area contributed by atoms with Crippen LogP contribution in [0.4, 0.5) is 4.79 Å². The Kier molecular flexibility index (Phi) is 9.87. The highest BCUT2D eigenvalue weighted by Gasteiger charge is 2.68. The van der Waals surface area contributed by atoms with Crippen LogP contribution in [0.5, 0.6) is 0 Å². The van der Waals surface area contributed by atoms with Crippen LogP contribution in [0, 0.1) is 6.92 Å². The van der Waals surface area contributed by atoms with Gasteiger partial charge in [-0.05, 0) is 50.1 Å². The average Bonchev–Trinajstić information content (AvgIpc) is 3.29. The smallest absolute Gasteiger partial charge is 0.332 e. The van der Waals surface area contributed by atoms with E-state index in [0.717, 1.165) is 9.98 Å². The van der Waals surface area contributed by atoms with E-state index in [-0.39, 0.29) is 34.5 Å². The van der Waals surface area contributed by atoms with Gasteiger partial charge in [-0.1, -0.05) is 41.5 Å². The third-order valence-electron chi connectivity index (χ3n) is 9.37. The Bertz CT molecular complexity index is 1540. The lowest BCUT2D eigenvalue weighted by Gasteiger charge is -2.44. The zero-order valence-electron chi connectivity index (χ0n) is 28.3. The molecule has 2 aliphatic rings. The summed E-state index contributed by atoms with van der Waals surface area (Å²) in [5, 5.41) is 5.62. The second kappa shape index (κ2) is 11.9. The normalized spacial score (nSPS) is 25.8. The maximum Gasteiger partial charge on any atom is 0.332 e. The monoisotopic (exact) mass is 674 g/mol. The third-order valence-corrected chi connectivity index (χ3v) is 19.4. The average molecular weight is 675 g/mol. The molecule has 16 heteroatoms. The summed E-state index contributed by atoms with van der Waals surface area (Å²) >= 11 is 0. The van der Waals surface area contributed by atoms with Crippen molar-refractivity contribution in [2.45, 2.75) is 116 Å². The van der Waals surface area contributed by atoms with E-state index in [1.807, 2.05) is 47.0 Å². The van der Waals surface area contributed by atoms with Crippen molar-refractivity contribution in [2.24, 2.45) is 7.05 Å². The topological polar surface area (TPSA) is 156 Å². The molecule has 250 valence electrons. The zero-order valence-corrected chi connectivity index (χ0v) is 31.1. The molecule has 0 saturated carbocycles. The van der Waals surface area contributed by atoms with Gasteiger partial charge in [0.25, 0.3) is 15.7 Å². The first kappa shape index (κ1) is 36.4. The lowest BCUT2D eigenvalue weighted by molar-refractivity contribution is -0.0571. The van der Waals surface area contributed by atoms with E-state index in [4.69, 9.17) is 17.8 Å². The Balaban J connectivity index is 2.36. The van der Waals surface area contributed by atoms with Crippen molar-refractivity contribution in [1.29, 1.82) is 0 Å². The first-order valence-corrected chi connectivity index (χ1v) is 22.1. The fraction of sp³-hybridized carbons (Fsp3) is 0.750. The zero-order chi connectivity index (χ0) is 33.8. The fourth-order valence-electron chi connectivity index (χ4n) is 4.66. The minimum Gasteiger partial charge on any atom is -0.414 e. The number of aryl methyl sites for hydroxylation is 1. The van der Waals surface area contributed by atoms with Crippen LogP contribution >= 0.6 is 0 Å². The van der Waals surface area contributed by atoms with Crippen LogP contribution in [0.15, 0.2) is 26.9 Å². The Morgan fingerprint density at radius 1 is 1.07 bits per heavy atom. The highest BCUT2D eigenvalue weighted by atomic mass is 32.2. The molecule has 2 amide bonds. The molecule has 1 spiro atoms. The van der Waals surface area contributed by atoms with Gasteiger partial charge in [0.15, 0.2) is 28.5 Å². The van der Waals surface area contributed by atoms with Gasteiger partial charge in [0.2, 0.25) is 0 Å². The molecular weight excluding hydrogens is 625 g/mol. The number of carbonyl (C=O) groups excluding carboxylic acids is 1. The molecular formula is C28H50N4O9SSi2. The maximum atomic E-state index is 13.6. The molecule has 2 aliphatic heterocycles. The summed E-state index contributed by atoms with van der Waals surface area (Å²) in [7, 11) is -8.20. The molecule has 0 aliphatic carbocycles. The molecule has 1 aromatic heterocycles. The molecule has 2 N–H and O–H groups in total. The Morgan fingerprint density at radius 3 is 2.16 bits per heavy atom. The van der Waals surface area contributed by atoms with Crippen molar-refractivity contribution in [1.82, 2.24) is 19.8 Å². The van der Waals surface area contributed by atoms with Crippen molar-refractivity contribution in [3.8, 4) is 0 Å². The van der Waals surface area contributed by atoms with Crippen molar-refractivity contribution in [3.63, 3.8) is 0 Å². The van der Waals surface area contributed by atoms with E-state index in [2.05, 4.69) is 31.4 Å². The molecule has 1 unspecified atom stereocenters. The summed E-state index contributed by atoms with van der Waals surface area (Å²) in [6, 6.07) is -0.646. The molecule has 3 rings (SSSR count). The molecule has 1 aromatic rings. The van der Waals surface area contributed by atoms with Gasteiger partial charge < -0.3 is 24.2 Å². The summed E-state index contributed by atoms with van der Waals surface area (Å²) in [6.07, 6.45) is -2.27. The first-order chi connectivity index (χ1) is 19.8. The van der Waals surface area contributed by atoms with Gasteiger partial charge >= 0.3 is 11.7 Å². The number of aromatic nitrogens is 2. The number of amides is 2. The van der Waals surface area contributed by atoms with Gasteiger partial charge in [-0.3, -0.25) is 13.9 Å². The second-order valence-electron chi connectivity index (χ2n) is 14.6. The van der Waals surface area contributed by atoms with Gasteiger partial charge in [-0.25, -0.2) is 13.8 Å². The number of urea groups is 1. The number of nitrogens with zero attached hydrogens (tertiary/aromatic N) is 2. The predicted molar refractivity (Wildman–Crippen MR) is 173 cm³/mol. The largest absolute Gasteiger partial charge is 0.414 e. The molecule has 1 fully saturated rings. The van der Waals surface area contributed by atoms with E-state index in [1.165, 1.54) is 17.8 Å². The van der Waals surface area contributed by atoms with Crippen LogP contribution in [0.2, 0.25) is 36.3 Å². The van der Waals surface area contributed by atoms with E-state index in [9.17, 15) is 22.8 Å². The number of hydrogen-bond acceptors (Lipinski definition) is 9. The highest BCUT2D eigenvalue weighted by Crippen LogP contribution is 2.52. The van der Waals surface area contributed by atoms with Crippen LogP contribution in [-0.4, -0.2) is 71.2 Å². The molecule has 1 saturated heterocycles. The highest BCUT2D eigenvalue weighted by molar-refractivity contribution is 7.90. The summed E-state index contributed by atoms with van der Waals surface area (Å²) in [6.45, 7) is 23.8. The van der Waals surface area contributed by atoms with Gasteiger partial charge in [0, 0.05) is 25.4 Å². The van der Waals surface area contributed by atoms with Crippen LogP contribution in [0.25, 0.3) is 0 Å². The molecule has 3 heterocycles. The summed E-state index contributed by atoms with van der Waals surface area (Å²) in [5.41, 5.74) is -2.91. The van der Waals surface area contributed by atoms with Crippen LogP contribution in [0.1, 0.15) is 60.3 Å². The van der Waals surface area contributed by atoms with Gasteiger partial charge in [0.1, 0.15) is 12.2 Å². The number of hydrogen-bond donors (Lipinski definition) is 2.